The molecule has 3 aromatic rings. The Morgan fingerprint density at radius 1 is 0.406 bits per heavy atom. The Hall–Kier alpha value is -8.67. The lowest BCUT2D eigenvalue weighted by atomic mass is 9.86. The fourth-order valence-corrected chi connectivity index (χ4v) is 10.8. The van der Waals surface area contributed by atoms with E-state index in [1.54, 1.807) is 6.92 Å². The second kappa shape index (κ2) is 39.3. The number of methoxy groups -OCH3 is 1. The summed E-state index contributed by atoms with van der Waals surface area (Å²) < 4.78 is 67.9. The van der Waals surface area contributed by atoms with Crippen molar-refractivity contribution in [3.05, 3.63) is 103 Å². The van der Waals surface area contributed by atoms with Crippen LogP contribution < -0.4 is 51.2 Å². The Kier molecular flexibility index (Phi) is 31.3. The minimum atomic E-state index is -2.13. The van der Waals surface area contributed by atoms with E-state index in [2.05, 4.69) is 31.9 Å². The molecule has 12 atom stereocenters. The van der Waals surface area contributed by atoms with Gasteiger partial charge in [-0.15, -0.1) is 0 Å². The number of halogens is 2. The number of hydrogen-bond donors (Lipinski definition) is 5. The lowest BCUT2D eigenvalue weighted by Crippen LogP contribution is -2.56. The molecule has 0 radical (unpaired) electrons. The van der Waals surface area contributed by atoms with Gasteiger partial charge in [0.1, 0.15) is 58.5 Å². The zero-order chi connectivity index (χ0) is 78.0. The molecule has 0 amide bonds. The topological polar surface area (TPSA) is 560 Å². The summed E-state index contributed by atoms with van der Waals surface area (Å²) in [5.41, 5.74) is -10.8. The highest BCUT2D eigenvalue weighted by Gasteiger charge is 2.43. The minimum Gasteiger partial charge on any atom is -0.469 e. The second-order valence-electron chi connectivity index (χ2n) is 24.8. The van der Waals surface area contributed by atoms with Crippen LogP contribution in [0.3, 0.4) is 0 Å². The zero-order valence-corrected chi connectivity index (χ0v) is 60.8. The van der Waals surface area contributed by atoms with Crippen molar-refractivity contribution in [3.63, 3.8) is 0 Å². The third-order valence-electron chi connectivity index (χ3n) is 16.3. The maximum absolute atomic E-state index is 14.3. The highest BCUT2D eigenvalue weighted by molar-refractivity contribution is 9.14. The van der Waals surface area contributed by atoms with Crippen molar-refractivity contribution in [1.82, 2.24) is 41.1 Å². The van der Waals surface area contributed by atoms with E-state index in [0.717, 1.165) is 16.2 Å². The number of ether oxygens (including phenoxy) is 12. The van der Waals surface area contributed by atoms with Crippen LogP contribution in [-0.2, 0) is 154 Å². The molecule has 4 saturated heterocycles. The predicted octanol–water partition coefficient (Wildman–Crippen LogP) is -7.97. The smallest absolute Gasteiger partial charge is 0.336 e. The van der Waals surface area contributed by atoms with Gasteiger partial charge in [0.15, 0.2) is 0 Å². The fraction of sp³-hybridized carbons (Fsp3) is 0.689. The number of aliphatic hydroxyl groups is 5. The molecule has 12 unspecified atom stereocenters. The van der Waals surface area contributed by atoms with Gasteiger partial charge in [0.25, 0.3) is 0 Å². The van der Waals surface area contributed by atoms with Gasteiger partial charge in [-0.2, -0.15) is 0 Å². The lowest BCUT2D eigenvalue weighted by Gasteiger charge is -2.24. The number of esters is 8. The zero-order valence-electron chi connectivity index (χ0n) is 57.7. The van der Waals surface area contributed by atoms with Crippen LogP contribution in [0.4, 0.5) is 0 Å². The second-order valence-corrected chi connectivity index (χ2v) is 26.7. The molecule has 4 aliphatic heterocycles. The number of nitrogens with zero attached hydrogens (tertiary/aromatic N) is 9. The van der Waals surface area contributed by atoms with Crippen molar-refractivity contribution >= 4 is 79.6 Å². The molecule has 7 rings (SSSR count). The van der Waals surface area contributed by atoms with E-state index in [1.165, 1.54) is 13.8 Å². The number of hydrogen-bond acceptors (Lipinski definition) is 34. The molecule has 5 N–H and O–H groups in total. The van der Waals surface area contributed by atoms with E-state index < -0.39 is 283 Å². The Balaban J connectivity index is 1.07. The highest BCUT2D eigenvalue weighted by Crippen LogP contribution is 2.28. The standard InChI is InChI=1S/C61H81Br2N9O34/c1-5-43(62)44(63)30-102-48(81)15-42(50(83)104-23-32(3)75)41(52(85)106-25-34(77)17-68-58(91)71(20-37-28-100-37)61(94)72(59(68)92)21-38-29-101-38)14-47(80)97-11-8-66-54(87)64(6-9-73)53(86)65(55(66)88)7-10-96-46(79)13-40(49(82)103-22-31(2)74)39(12-45(78)95-4)51(84)105-24-33(76)16-67-56(89)69(18-35-26-98-35)60(93)70(57(67)90)19-36-27-99-36/h31-42,73-77H,5-30H2,1-4H3. The van der Waals surface area contributed by atoms with Crippen LogP contribution >= 0.6 is 31.9 Å². The number of carbonyl (C=O) groups excluding carboxylic acids is 8. The number of carbonyl (C=O) groups is 8. The van der Waals surface area contributed by atoms with E-state index in [-0.39, 0.29) is 52.6 Å². The maximum atomic E-state index is 14.3. The molecule has 4 fully saturated rings. The van der Waals surface area contributed by atoms with Crippen LogP contribution in [0.1, 0.15) is 52.9 Å². The van der Waals surface area contributed by atoms with Crippen molar-refractivity contribution in [2.75, 3.05) is 86.4 Å². The molecular formula is C61H81Br2N9O34. The van der Waals surface area contributed by atoms with Crippen molar-refractivity contribution in [3.8, 4) is 0 Å². The SMILES string of the molecule is CCC(Br)=C(Br)COC(=O)CC(C(=O)OCC(C)O)C(CC(=O)OCCn1c(=O)n(CCO)c(=O)n(CCOC(=O)CC(C(=O)OCC(C)O)C(CC(=O)OC)C(=O)OCC(O)Cn2c(=O)n(CC3CO3)c(=O)n(CC3CO3)c2=O)c1=O)C(=O)OCC(O)Cn1c(=O)n(CC2CO2)c(=O)n(CC2CO2)c1=O. The molecule has 0 aliphatic carbocycles. The number of aromatic nitrogens is 9. The van der Waals surface area contributed by atoms with Crippen LogP contribution in [0.25, 0.3) is 0 Å². The minimum absolute atomic E-state index is 0.200. The van der Waals surface area contributed by atoms with E-state index >= 15 is 0 Å². The lowest BCUT2D eigenvalue weighted by molar-refractivity contribution is -0.169. The van der Waals surface area contributed by atoms with Crippen molar-refractivity contribution in [2.45, 2.75) is 161 Å². The third kappa shape index (κ3) is 24.2. The van der Waals surface area contributed by atoms with Crippen molar-refractivity contribution in [1.29, 1.82) is 0 Å². The summed E-state index contributed by atoms with van der Waals surface area (Å²) in [6.45, 7) is -7.27. The van der Waals surface area contributed by atoms with Crippen LogP contribution in [0.5, 0.6) is 0 Å². The Bertz CT molecular complexity index is 4210. The summed E-state index contributed by atoms with van der Waals surface area (Å²) in [4.78, 5) is 232. The molecule has 0 saturated carbocycles. The Morgan fingerprint density at radius 3 is 0.962 bits per heavy atom. The molecule has 4 aliphatic rings. The molecule has 588 valence electrons. The molecular weight excluding hydrogens is 1560 g/mol. The number of allylic oxidation sites excluding steroid dienone is 1. The summed E-state index contributed by atoms with van der Waals surface area (Å²) in [5.74, 6) is -19.2. The van der Waals surface area contributed by atoms with Gasteiger partial charge in [-0.1, -0.05) is 38.8 Å². The molecule has 0 aromatic carbocycles. The average molecular weight is 1640 g/mol. The quantitative estimate of drug-likeness (QED) is 0.0199. The molecule has 43 nitrogen and oxygen atoms in total. The first-order valence-electron chi connectivity index (χ1n) is 33.1. The summed E-state index contributed by atoms with van der Waals surface area (Å²) in [5, 5.41) is 52.1. The van der Waals surface area contributed by atoms with Crippen LogP contribution in [-0.4, -0.2) is 250 Å². The molecule has 3 aromatic heterocycles. The molecule has 7 heterocycles. The molecule has 106 heavy (non-hydrogen) atoms. The van der Waals surface area contributed by atoms with Crippen molar-refractivity contribution < 1.29 is 121 Å². The fourth-order valence-electron chi connectivity index (χ4n) is 10.3. The van der Waals surface area contributed by atoms with Crippen molar-refractivity contribution in [2.24, 2.45) is 23.7 Å². The number of rotatable bonds is 45. The van der Waals surface area contributed by atoms with Crippen LogP contribution in [0.2, 0.25) is 0 Å². The summed E-state index contributed by atoms with van der Waals surface area (Å²) >= 11 is 6.55. The first-order valence-corrected chi connectivity index (χ1v) is 34.7. The van der Waals surface area contributed by atoms with Gasteiger partial charge in [0, 0.05) is 8.96 Å². The largest absolute Gasteiger partial charge is 0.469 e. The van der Waals surface area contributed by atoms with Gasteiger partial charge in [-0.25, -0.2) is 84.3 Å². The Morgan fingerprint density at radius 2 is 0.679 bits per heavy atom. The molecule has 45 heteroatoms. The average Bonchev–Trinajstić information content (AvgIpc) is 1.68. The van der Waals surface area contributed by atoms with Gasteiger partial charge in [0.2, 0.25) is 0 Å². The molecule has 0 bridgehead atoms. The Labute approximate surface area is 612 Å². The summed E-state index contributed by atoms with van der Waals surface area (Å²) in [6, 6.07) is 0. The normalized spacial score (nSPS) is 18.8. The summed E-state index contributed by atoms with van der Waals surface area (Å²) in [7, 11) is 0.900. The van der Waals surface area contributed by atoms with E-state index in [4.69, 9.17) is 56.8 Å². The van der Waals surface area contributed by atoms with Crippen LogP contribution in [0, 0.1) is 23.7 Å². The summed E-state index contributed by atoms with van der Waals surface area (Å²) in [6.07, 6.45) is -12.6. The number of aliphatic hydroxyl groups excluding tert-OH is 5. The number of epoxide rings is 4. The predicted molar refractivity (Wildman–Crippen MR) is 355 cm³/mol. The van der Waals surface area contributed by atoms with E-state index in [1.807, 2.05) is 0 Å². The first kappa shape index (κ1) is 84.6. The van der Waals surface area contributed by atoms with Gasteiger partial charge >= 0.3 is 99.0 Å². The van der Waals surface area contributed by atoms with E-state index in [0.29, 0.717) is 47.4 Å². The van der Waals surface area contributed by atoms with Gasteiger partial charge in [-0.05, 0) is 20.3 Å². The highest BCUT2D eigenvalue weighted by atomic mass is 79.9. The maximum Gasteiger partial charge on any atom is 0.336 e. The van der Waals surface area contributed by atoms with Gasteiger partial charge in [-0.3, -0.25) is 38.4 Å². The van der Waals surface area contributed by atoms with Gasteiger partial charge < -0.3 is 82.4 Å². The monoisotopic (exact) mass is 1640 g/mol. The first-order chi connectivity index (χ1) is 50.3. The van der Waals surface area contributed by atoms with Gasteiger partial charge in [0.05, 0.1) is 185 Å². The molecule has 0 spiro atoms. The van der Waals surface area contributed by atoms with Crippen LogP contribution in [0.15, 0.2) is 52.1 Å². The van der Waals surface area contributed by atoms with E-state index in [9.17, 15) is 107 Å². The third-order valence-corrected chi connectivity index (χ3v) is 18.5.